The van der Waals surface area contributed by atoms with E-state index in [0.717, 1.165) is 12.1 Å². The third-order valence-electron chi connectivity index (χ3n) is 1.99. The molecule has 0 radical (unpaired) electrons. The van der Waals surface area contributed by atoms with E-state index >= 15 is 0 Å². The minimum absolute atomic E-state index is 0.187. The van der Waals surface area contributed by atoms with Gasteiger partial charge >= 0.3 is 6.18 Å². The maximum atomic E-state index is 12.6. The summed E-state index contributed by atoms with van der Waals surface area (Å²) in [7, 11) is 1.34. The summed E-state index contributed by atoms with van der Waals surface area (Å²) in [5.74, 6) is 0.187. The lowest BCUT2D eigenvalue weighted by Gasteiger charge is -2.23. The number of nitrogens with one attached hydrogen (secondary N) is 1. The van der Waals surface area contributed by atoms with E-state index in [1.165, 1.54) is 7.11 Å². The first-order valence-electron chi connectivity index (χ1n) is 5.16. The molecule has 0 bridgehead atoms. The summed E-state index contributed by atoms with van der Waals surface area (Å²) in [6.07, 6.45) is -4.37. The van der Waals surface area contributed by atoms with Crippen molar-refractivity contribution in [1.82, 2.24) is 0 Å². The van der Waals surface area contributed by atoms with Crippen LogP contribution in [-0.2, 0) is 6.18 Å². The van der Waals surface area contributed by atoms with E-state index in [1.807, 2.05) is 20.8 Å². The third kappa shape index (κ3) is 4.17. The number of rotatable bonds is 2. The molecule has 1 N–H and O–H groups in total. The van der Waals surface area contributed by atoms with Crippen molar-refractivity contribution < 1.29 is 17.9 Å². The molecule has 1 rings (SSSR count). The summed E-state index contributed by atoms with van der Waals surface area (Å²) in [6, 6.07) is 3.60. The average molecular weight is 247 g/mol. The Morgan fingerprint density at radius 2 is 1.65 bits per heavy atom. The highest BCUT2D eigenvalue weighted by Gasteiger charge is 2.31. The summed E-state index contributed by atoms with van der Waals surface area (Å²) in [6.45, 7) is 5.62. The first-order chi connectivity index (χ1) is 7.62. The van der Waals surface area contributed by atoms with Crippen molar-refractivity contribution in [2.24, 2.45) is 0 Å². The number of hydrogen-bond donors (Lipinski definition) is 1. The van der Waals surface area contributed by atoms with Gasteiger partial charge in [0.15, 0.2) is 0 Å². The molecular formula is C12H16F3NO. The molecule has 0 spiro atoms. The Kier molecular flexibility index (Phi) is 3.59. The molecule has 0 aliphatic heterocycles. The van der Waals surface area contributed by atoms with Crippen LogP contribution in [0.1, 0.15) is 26.3 Å². The molecule has 0 saturated carbocycles. The SMILES string of the molecule is COc1cc(NC(C)(C)C)cc(C(F)(F)F)c1. The van der Waals surface area contributed by atoms with Crippen molar-refractivity contribution in [3.05, 3.63) is 23.8 Å². The van der Waals surface area contributed by atoms with Gasteiger partial charge in [0.1, 0.15) is 5.75 Å². The lowest BCUT2D eigenvalue weighted by Crippen LogP contribution is -2.26. The molecule has 0 aliphatic carbocycles. The first-order valence-corrected chi connectivity index (χ1v) is 5.16. The molecular weight excluding hydrogens is 231 g/mol. The Morgan fingerprint density at radius 1 is 1.06 bits per heavy atom. The Labute approximate surface area is 98.8 Å². The average Bonchev–Trinajstić information content (AvgIpc) is 2.13. The van der Waals surface area contributed by atoms with Crippen LogP contribution in [0.2, 0.25) is 0 Å². The third-order valence-corrected chi connectivity index (χ3v) is 1.99. The van der Waals surface area contributed by atoms with Crippen LogP contribution in [0.25, 0.3) is 0 Å². The zero-order valence-corrected chi connectivity index (χ0v) is 10.3. The number of alkyl halides is 3. The van der Waals surface area contributed by atoms with Gasteiger partial charge in [0.05, 0.1) is 12.7 Å². The first kappa shape index (κ1) is 13.7. The van der Waals surface area contributed by atoms with Gasteiger partial charge in [0.25, 0.3) is 0 Å². The smallest absolute Gasteiger partial charge is 0.416 e. The summed E-state index contributed by atoms with van der Waals surface area (Å²) < 4.78 is 42.8. The minimum atomic E-state index is -4.37. The summed E-state index contributed by atoms with van der Waals surface area (Å²) in [4.78, 5) is 0. The van der Waals surface area contributed by atoms with E-state index in [9.17, 15) is 13.2 Å². The van der Waals surface area contributed by atoms with E-state index in [-0.39, 0.29) is 11.3 Å². The molecule has 5 heteroatoms. The van der Waals surface area contributed by atoms with Crippen LogP contribution in [0.3, 0.4) is 0 Å². The van der Waals surface area contributed by atoms with Crippen LogP contribution in [0.5, 0.6) is 5.75 Å². The van der Waals surface area contributed by atoms with Gasteiger partial charge < -0.3 is 10.1 Å². The van der Waals surface area contributed by atoms with Gasteiger partial charge in [-0.25, -0.2) is 0 Å². The lowest BCUT2D eigenvalue weighted by molar-refractivity contribution is -0.137. The number of methoxy groups -OCH3 is 1. The monoisotopic (exact) mass is 247 g/mol. The molecule has 2 nitrogen and oxygen atoms in total. The fourth-order valence-corrected chi connectivity index (χ4v) is 1.39. The molecule has 0 atom stereocenters. The van der Waals surface area contributed by atoms with Gasteiger partial charge in [0.2, 0.25) is 0 Å². The van der Waals surface area contributed by atoms with Gasteiger partial charge in [-0.3, -0.25) is 0 Å². The van der Waals surface area contributed by atoms with Gasteiger partial charge in [-0.15, -0.1) is 0 Å². The highest BCUT2D eigenvalue weighted by Crippen LogP contribution is 2.34. The Morgan fingerprint density at radius 3 is 2.06 bits per heavy atom. The zero-order chi connectivity index (χ0) is 13.3. The molecule has 17 heavy (non-hydrogen) atoms. The molecule has 0 fully saturated rings. The Balaban J connectivity index is 3.15. The van der Waals surface area contributed by atoms with Gasteiger partial charge in [0, 0.05) is 17.3 Å². The van der Waals surface area contributed by atoms with E-state index in [1.54, 1.807) is 6.07 Å². The second kappa shape index (κ2) is 4.47. The number of benzene rings is 1. The van der Waals surface area contributed by atoms with Gasteiger partial charge in [-0.2, -0.15) is 13.2 Å². The summed E-state index contributed by atoms with van der Waals surface area (Å²) in [5.41, 5.74) is -0.636. The van der Waals surface area contributed by atoms with Crippen molar-refractivity contribution in [1.29, 1.82) is 0 Å². The quantitative estimate of drug-likeness (QED) is 0.855. The Hall–Kier alpha value is -1.39. The minimum Gasteiger partial charge on any atom is -0.497 e. The van der Waals surface area contributed by atoms with Crippen molar-refractivity contribution >= 4 is 5.69 Å². The van der Waals surface area contributed by atoms with Crippen LogP contribution in [0.4, 0.5) is 18.9 Å². The van der Waals surface area contributed by atoms with Crippen molar-refractivity contribution in [3.63, 3.8) is 0 Å². The van der Waals surface area contributed by atoms with E-state index in [4.69, 9.17) is 4.74 Å². The highest BCUT2D eigenvalue weighted by atomic mass is 19.4. The second-order valence-electron chi connectivity index (χ2n) is 4.82. The number of halogens is 3. The number of ether oxygens (including phenoxy) is 1. The maximum Gasteiger partial charge on any atom is 0.416 e. The lowest BCUT2D eigenvalue weighted by atomic mass is 10.1. The van der Waals surface area contributed by atoms with Crippen LogP contribution in [-0.4, -0.2) is 12.6 Å². The van der Waals surface area contributed by atoms with E-state index in [2.05, 4.69) is 5.32 Å². The van der Waals surface area contributed by atoms with Crippen molar-refractivity contribution in [2.45, 2.75) is 32.5 Å². The molecule has 1 aromatic rings. The summed E-state index contributed by atoms with van der Waals surface area (Å²) in [5, 5.41) is 2.99. The van der Waals surface area contributed by atoms with Crippen LogP contribution < -0.4 is 10.1 Å². The van der Waals surface area contributed by atoms with Crippen molar-refractivity contribution in [2.75, 3.05) is 12.4 Å². The van der Waals surface area contributed by atoms with Crippen LogP contribution in [0.15, 0.2) is 18.2 Å². The van der Waals surface area contributed by atoms with E-state index in [0.29, 0.717) is 5.69 Å². The normalized spacial score (nSPS) is 12.4. The molecule has 0 aliphatic rings. The van der Waals surface area contributed by atoms with Crippen LogP contribution in [0, 0.1) is 0 Å². The topological polar surface area (TPSA) is 21.3 Å². The molecule has 96 valence electrons. The fourth-order valence-electron chi connectivity index (χ4n) is 1.39. The van der Waals surface area contributed by atoms with Crippen molar-refractivity contribution in [3.8, 4) is 5.75 Å². The second-order valence-corrected chi connectivity index (χ2v) is 4.82. The summed E-state index contributed by atoms with van der Waals surface area (Å²) >= 11 is 0. The molecule has 0 saturated heterocycles. The predicted molar refractivity (Wildman–Crippen MR) is 61.4 cm³/mol. The van der Waals surface area contributed by atoms with Gasteiger partial charge in [-0.1, -0.05) is 0 Å². The fraction of sp³-hybridized carbons (Fsp3) is 0.500. The van der Waals surface area contributed by atoms with Gasteiger partial charge in [-0.05, 0) is 32.9 Å². The number of anilines is 1. The molecule has 0 aromatic heterocycles. The maximum absolute atomic E-state index is 12.6. The Bertz CT molecular complexity index is 394. The van der Waals surface area contributed by atoms with Crippen LogP contribution >= 0.6 is 0 Å². The largest absolute Gasteiger partial charge is 0.497 e. The standard InChI is InChI=1S/C12H16F3NO/c1-11(2,3)16-9-5-8(12(13,14)15)6-10(7-9)17-4/h5-7,16H,1-4H3. The molecule has 1 aromatic carbocycles. The molecule has 0 amide bonds. The van der Waals surface area contributed by atoms with E-state index < -0.39 is 11.7 Å². The predicted octanol–water partition coefficient (Wildman–Crippen LogP) is 3.92. The molecule has 0 unspecified atom stereocenters. The highest BCUT2D eigenvalue weighted by molar-refractivity contribution is 5.53. The molecule has 0 heterocycles. The zero-order valence-electron chi connectivity index (χ0n) is 10.3. The number of hydrogen-bond acceptors (Lipinski definition) is 2.